The van der Waals surface area contributed by atoms with Crippen LogP contribution in [0.3, 0.4) is 0 Å². The Kier molecular flexibility index (Phi) is 4.74. The van der Waals surface area contributed by atoms with Gasteiger partial charge in [0.1, 0.15) is 5.82 Å². The van der Waals surface area contributed by atoms with E-state index in [4.69, 9.17) is 0 Å². The molecule has 0 saturated carbocycles. The number of benzene rings is 1. The number of halogens is 1. The van der Waals surface area contributed by atoms with Gasteiger partial charge in [0, 0.05) is 35.8 Å². The summed E-state index contributed by atoms with van der Waals surface area (Å²) < 4.78 is 13.9. The SMILES string of the molecule is CNC(C)c1cc(F)c(C)cc1N1CCSCC1C. The molecule has 19 heavy (non-hydrogen) atoms. The van der Waals surface area contributed by atoms with Crippen LogP contribution >= 0.6 is 11.8 Å². The number of anilines is 1. The van der Waals surface area contributed by atoms with Gasteiger partial charge in [-0.2, -0.15) is 11.8 Å². The summed E-state index contributed by atoms with van der Waals surface area (Å²) in [5.41, 5.74) is 2.98. The molecule has 1 aliphatic rings. The Hall–Kier alpha value is -0.740. The molecule has 1 aromatic carbocycles. The van der Waals surface area contributed by atoms with Gasteiger partial charge in [-0.1, -0.05) is 0 Å². The summed E-state index contributed by atoms with van der Waals surface area (Å²) in [6, 6.07) is 4.36. The third-order valence-corrected chi connectivity index (χ3v) is 5.07. The first-order chi connectivity index (χ1) is 9.04. The highest BCUT2D eigenvalue weighted by Crippen LogP contribution is 2.32. The summed E-state index contributed by atoms with van der Waals surface area (Å²) in [4.78, 5) is 2.42. The highest BCUT2D eigenvalue weighted by Gasteiger charge is 2.23. The minimum absolute atomic E-state index is 0.111. The number of aryl methyl sites for hydroxylation is 1. The van der Waals surface area contributed by atoms with Crippen molar-refractivity contribution in [3.8, 4) is 0 Å². The van der Waals surface area contributed by atoms with Gasteiger partial charge in [-0.05, 0) is 51.1 Å². The molecule has 0 amide bonds. The highest BCUT2D eigenvalue weighted by molar-refractivity contribution is 7.99. The predicted octanol–water partition coefficient (Wildman–Crippen LogP) is 3.36. The molecule has 1 aliphatic heterocycles. The molecular formula is C15H23FN2S. The van der Waals surface area contributed by atoms with E-state index >= 15 is 0 Å². The Bertz CT molecular complexity index is 450. The first-order valence-corrected chi connectivity index (χ1v) is 8.01. The summed E-state index contributed by atoms with van der Waals surface area (Å²) >= 11 is 2.00. The van der Waals surface area contributed by atoms with E-state index in [2.05, 4.69) is 24.1 Å². The molecule has 1 fully saturated rings. The van der Waals surface area contributed by atoms with Crippen LogP contribution in [-0.2, 0) is 0 Å². The Morgan fingerprint density at radius 3 is 2.84 bits per heavy atom. The summed E-state index contributed by atoms with van der Waals surface area (Å²) in [5.74, 6) is 2.18. The summed E-state index contributed by atoms with van der Waals surface area (Å²) in [7, 11) is 1.92. The Balaban J connectivity index is 2.44. The van der Waals surface area contributed by atoms with Crippen LogP contribution in [0.5, 0.6) is 0 Å². The van der Waals surface area contributed by atoms with Crippen molar-refractivity contribution in [1.82, 2.24) is 5.32 Å². The van der Waals surface area contributed by atoms with Gasteiger partial charge in [0.15, 0.2) is 0 Å². The fourth-order valence-corrected chi connectivity index (χ4v) is 3.53. The van der Waals surface area contributed by atoms with Crippen molar-refractivity contribution in [3.63, 3.8) is 0 Å². The second kappa shape index (κ2) is 6.14. The lowest BCUT2D eigenvalue weighted by Crippen LogP contribution is -2.41. The summed E-state index contributed by atoms with van der Waals surface area (Å²) in [6.45, 7) is 7.21. The number of nitrogens with zero attached hydrogens (tertiary/aromatic N) is 1. The Labute approximate surface area is 119 Å². The molecule has 1 heterocycles. The number of hydrogen-bond donors (Lipinski definition) is 1. The zero-order valence-corrected chi connectivity index (χ0v) is 13.0. The van der Waals surface area contributed by atoms with Gasteiger partial charge >= 0.3 is 0 Å². The third-order valence-electron chi connectivity index (χ3n) is 3.88. The number of thioether (sulfide) groups is 1. The Morgan fingerprint density at radius 1 is 1.47 bits per heavy atom. The van der Waals surface area contributed by atoms with E-state index in [1.807, 2.05) is 31.8 Å². The first kappa shape index (κ1) is 14.7. The van der Waals surface area contributed by atoms with E-state index in [1.54, 1.807) is 6.07 Å². The van der Waals surface area contributed by atoms with Gasteiger partial charge in [-0.25, -0.2) is 4.39 Å². The standard InChI is InChI=1S/C15H23FN2S/c1-10-7-15(18-5-6-19-9-11(18)2)13(8-14(10)16)12(3)17-4/h7-8,11-12,17H,5-6,9H2,1-4H3. The fourth-order valence-electron chi connectivity index (χ4n) is 2.52. The fraction of sp³-hybridized carbons (Fsp3) is 0.600. The first-order valence-electron chi connectivity index (χ1n) is 6.86. The maximum absolute atomic E-state index is 13.9. The van der Waals surface area contributed by atoms with Crippen LogP contribution in [0, 0.1) is 12.7 Å². The van der Waals surface area contributed by atoms with E-state index < -0.39 is 0 Å². The molecule has 4 heteroatoms. The van der Waals surface area contributed by atoms with Crippen molar-refractivity contribution in [3.05, 3.63) is 29.1 Å². The molecule has 0 bridgehead atoms. The average molecular weight is 282 g/mol. The minimum atomic E-state index is -0.111. The van der Waals surface area contributed by atoms with Crippen molar-refractivity contribution in [2.45, 2.75) is 32.9 Å². The largest absolute Gasteiger partial charge is 0.367 e. The molecule has 2 unspecified atom stereocenters. The van der Waals surface area contributed by atoms with Crippen molar-refractivity contribution >= 4 is 17.4 Å². The van der Waals surface area contributed by atoms with Crippen LogP contribution in [0.15, 0.2) is 12.1 Å². The van der Waals surface area contributed by atoms with Gasteiger partial charge in [-0.3, -0.25) is 0 Å². The molecule has 2 rings (SSSR count). The van der Waals surface area contributed by atoms with Crippen molar-refractivity contribution in [2.75, 3.05) is 30.0 Å². The van der Waals surface area contributed by atoms with Crippen LogP contribution in [0.1, 0.15) is 31.0 Å². The van der Waals surface area contributed by atoms with Gasteiger partial charge in [0.05, 0.1) is 0 Å². The smallest absolute Gasteiger partial charge is 0.126 e. The molecule has 1 N–H and O–H groups in total. The van der Waals surface area contributed by atoms with E-state index in [0.29, 0.717) is 6.04 Å². The van der Waals surface area contributed by atoms with E-state index in [9.17, 15) is 4.39 Å². The van der Waals surface area contributed by atoms with Crippen LogP contribution in [-0.4, -0.2) is 31.1 Å². The zero-order chi connectivity index (χ0) is 14.0. The molecular weight excluding hydrogens is 259 g/mol. The average Bonchev–Trinajstić information content (AvgIpc) is 2.41. The monoisotopic (exact) mass is 282 g/mol. The van der Waals surface area contributed by atoms with E-state index in [0.717, 1.165) is 29.2 Å². The number of nitrogens with one attached hydrogen (secondary N) is 1. The molecule has 0 spiro atoms. The van der Waals surface area contributed by atoms with E-state index in [1.165, 1.54) is 5.69 Å². The molecule has 0 aromatic heterocycles. The summed E-state index contributed by atoms with van der Waals surface area (Å²) in [5, 5.41) is 3.22. The maximum atomic E-state index is 13.9. The highest BCUT2D eigenvalue weighted by atomic mass is 32.2. The number of hydrogen-bond acceptors (Lipinski definition) is 3. The Morgan fingerprint density at radius 2 is 2.21 bits per heavy atom. The molecule has 1 saturated heterocycles. The van der Waals surface area contributed by atoms with Crippen molar-refractivity contribution < 1.29 is 4.39 Å². The third kappa shape index (κ3) is 3.06. The van der Waals surface area contributed by atoms with Crippen LogP contribution < -0.4 is 10.2 Å². The van der Waals surface area contributed by atoms with Gasteiger partial charge in [-0.15, -0.1) is 0 Å². The topological polar surface area (TPSA) is 15.3 Å². The van der Waals surface area contributed by atoms with Gasteiger partial charge < -0.3 is 10.2 Å². The van der Waals surface area contributed by atoms with Crippen molar-refractivity contribution in [1.29, 1.82) is 0 Å². The van der Waals surface area contributed by atoms with Crippen molar-refractivity contribution in [2.24, 2.45) is 0 Å². The maximum Gasteiger partial charge on any atom is 0.126 e. The lowest BCUT2D eigenvalue weighted by Gasteiger charge is -2.37. The van der Waals surface area contributed by atoms with Crippen LogP contribution in [0.25, 0.3) is 0 Å². The quantitative estimate of drug-likeness (QED) is 0.915. The molecule has 2 atom stereocenters. The summed E-state index contributed by atoms with van der Waals surface area (Å²) in [6.07, 6.45) is 0. The normalized spacial score (nSPS) is 21.5. The van der Waals surface area contributed by atoms with E-state index in [-0.39, 0.29) is 11.9 Å². The molecule has 1 aromatic rings. The second-order valence-corrected chi connectivity index (χ2v) is 6.44. The van der Waals surface area contributed by atoms with Crippen LogP contribution in [0.2, 0.25) is 0 Å². The van der Waals surface area contributed by atoms with Crippen LogP contribution in [0.4, 0.5) is 10.1 Å². The minimum Gasteiger partial charge on any atom is -0.367 e. The second-order valence-electron chi connectivity index (χ2n) is 5.29. The molecule has 106 valence electrons. The number of rotatable bonds is 3. The molecule has 2 nitrogen and oxygen atoms in total. The predicted molar refractivity (Wildman–Crippen MR) is 82.7 cm³/mol. The lowest BCUT2D eigenvalue weighted by atomic mass is 10.0. The van der Waals surface area contributed by atoms with Gasteiger partial charge in [0.2, 0.25) is 0 Å². The molecule has 0 aliphatic carbocycles. The lowest BCUT2D eigenvalue weighted by molar-refractivity contribution is 0.595. The zero-order valence-electron chi connectivity index (χ0n) is 12.2. The van der Waals surface area contributed by atoms with Gasteiger partial charge in [0.25, 0.3) is 0 Å². The molecule has 0 radical (unpaired) electrons.